The molecule has 1 amide bonds. The number of amides is 1. The van der Waals surface area contributed by atoms with Gasteiger partial charge in [0.1, 0.15) is 6.10 Å². The molecular formula is C52H97NO4. The first kappa shape index (κ1) is 55.3. The van der Waals surface area contributed by atoms with Crippen LogP contribution in [0.3, 0.4) is 0 Å². The van der Waals surface area contributed by atoms with E-state index in [1.807, 2.05) is 0 Å². The largest absolute Gasteiger partial charge is 0.394 e. The third-order valence-electron chi connectivity index (χ3n) is 11.4. The van der Waals surface area contributed by atoms with Gasteiger partial charge >= 0.3 is 0 Å². The Kier molecular flexibility index (Phi) is 45.6. The van der Waals surface area contributed by atoms with Crippen molar-refractivity contribution >= 4 is 5.91 Å². The second-order valence-electron chi connectivity index (χ2n) is 17.0. The standard InChI is InChI=1S/C52H97NO4/c1-3-5-7-9-11-13-15-17-19-21-23-24-25-26-27-29-30-32-34-36-38-40-42-44-46-50(55)52(57)49(48-54)53-51(56)47-45-43-41-39-37-35-33-31-28-22-20-18-16-14-12-10-8-6-4-2/h12,14,16,18,30,32,38,40,49-50,52,54-55,57H,3-11,13,15,17,19-29,31,33-37,39,41-48H2,1-2H3,(H,53,56)/b14-12-,18-16-,32-30+,40-38+. The van der Waals surface area contributed by atoms with Crippen molar-refractivity contribution in [2.45, 2.75) is 270 Å². The fraction of sp³-hybridized carbons (Fsp3) is 0.827. The van der Waals surface area contributed by atoms with Gasteiger partial charge in [-0.15, -0.1) is 0 Å². The van der Waals surface area contributed by atoms with Crippen LogP contribution in [-0.4, -0.2) is 46.1 Å². The number of rotatable bonds is 45. The molecule has 0 rings (SSSR count). The molecule has 0 aromatic rings. The first-order valence-corrected chi connectivity index (χ1v) is 24.9. The first-order chi connectivity index (χ1) is 28.1. The molecule has 0 aliphatic rings. The average Bonchev–Trinajstić information content (AvgIpc) is 3.22. The van der Waals surface area contributed by atoms with Crippen molar-refractivity contribution in [2.75, 3.05) is 6.61 Å². The Morgan fingerprint density at radius 2 is 0.772 bits per heavy atom. The minimum Gasteiger partial charge on any atom is -0.394 e. The van der Waals surface area contributed by atoms with Crippen LogP contribution in [0.25, 0.3) is 0 Å². The van der Waals surface area contributed by atoms with Crippen LogP contribution in [0.4, 0.5) is 0 Å². The summed E-state index contributed by atoms with van der Waals surface area (Å²) in [6, 6.07) is -0.836. The fourth-order valence-corrected chi connectivity index (χ4v) is 7.52. The van der Waals surface area contributed by atoms with Gasteiger partial charge in [-0.2, -0.15) is 0 Å². The molecule has 57 heavy (non-hydrogen) atoms. The third-order valence-corrected chi connectivity index (χ3v) is 11.4. The minimum atomic E-state index is -1.17. The molecule has 0 bridgehead atoms. The highest BCUT2D eigenvalue weighted by atomic mass is 16.3. The summed E-state index contributed by atoms with van der Waals surface area (Å²) < 4.78 is 0. The maximum absolute atomic E-state index is 12.5. The van der Waals surface area contributed by atoms with Crippen LogP contribution in [0.2, 0.25) is 0 Å². The van der Waals surface area contributed by atoms with Gasteiger partial charge < -0.3 is 20.6 Å². The molecule has 0 spiro atoms. The van der Waals surface area contributed by atoms with E-state index in [1.54, 1.807) is 0 Å². The molecular weight excluding hydrogens is 703 g/mol. The van der Waals surface area contributed by atoms with E-state index < -0.39 is 18.2 Å². The fourth-order valence-electron chi connectivity index (χ4n) is 7.52. The number of carbonyl (C=O) groups excluding carboxylic acids is 1. The number of hydrogen-bond acceptors (Lipinski definition) is 4. The lowest BCUT2D eigenvalue weighted by molar-refractivity contribution is -0.124. The van der Waals surface area contributed by atoms with Crippen molar-refractivity contribution < 1.29 is 20.1 Å². The highest BCUT2D eigenvalue weighted by Gasteiger charge is 2.26. The van der Waals surface area contributed by atoms with Gasteiger partial charge in [0.2, 0.25) is 5.91 Å². The van der Waals surface area contributed by atoms with E-state index in [1.165, 1.54) is 180 Å². The van der Waals surface area contributed by atoms with Crippen molar-refractivity contribution in [3.05, 3.63) is 48.6 Å². The number of aliphatic hydroxyl groups is 3. The average molecular weight is 800 g/mol. The van der Waals surface area contributed by atoms with Crippen LogP contribution in [0.5, 0.6) is 0 Å². The lowest BCUT2D eigenvalue weighted by Crippen LogP contribution is -2.50. The van der Waals surface area contributed by atoms with Gasteiger partial charge in [-0.05, 0) is 77.0 Å². The Hall–Kier alpha value is -1.69. The zero-order valence-corrected chi connectivity index (χ0v) is 38.0. The molecule has 0 aromatic heterocycles. The maximum Gasteiger partial charge on any atom is 0.220 e. The number of nitrogens with one attached hydrogen (secondary N) is 1. The van der Waals surface area contributed by atoms with E-state index in [-0.39, 0.29) is 12.5 Å². The molecule has 0 saturated carbocycles. The smallest absolute Gasteiger partial charge is 0.220 e. The van der Waals surface area contributed by atoms with Crippen molar-refractivity contribution in [1.82, 2.24) is 5.32 Å². The SMILES string of the molecule is CCCCC/C=C\C=C/CCCCCCCCCCCCC(=O)NC(CO)C(O)C(O)CCC/C=C/CC/C=C/CCCCCCCCCCCCCCCCC. The second-order valence-corrected chi connectivity index (χ2v) is 17.0. The van der Waals surface area contributed by atoms with Gasteiger partial charge in [0.25, 0.3) is 0 Å². The Bertz CT molecular complexity index is 927. The van der Waals surface area contributed by atoms with E-state index in [4.69, 9.17) is 0 Å². The van der Waals surface area contributed by atoms with Crippen LogP contribution in [0.15, 0.2) is 48.6 Å². The van der Waals surface area contributed by atoms with Crippen molar-refractivity contribution in [3.8, 4) is 0 Å². The number of aliphatic hydroxyl groups excluding tert-OH is 3. The number of carbonyl (C=O) groups is 1. The summed E-state index contributed by atoms with van der Waals surface area (Å²) in [5.41, 5.74) is 0. The molecule has 0 aliphatic heterocycles. The number of hydrogen-bond donors (Lipinski definition) is 4. The normalized spacial score (nSPS) is 13.8. The zero-order valence-electron chi connectivity index (χ0n) is 38.0. The Labute approximate surface area is 355 Å². The van der Waals surface area contributed by atoms with E-state index in [0.29, 0.717) is 12.8 Å². The van der Waals surface area contributed by atoms with Gasteiger partial charge in [-0.25, -0.2) is 0 Å². The zero-order chi connectivity index (χ0) is 41.5. The van der Waals surface area contributed by atoms with Crippen molar-refractivity contribution in [2.24, 2.45) is 0 Å². The Morgan fingerprint density at radius 3 is 1.21 bits per heavy atom. The molecule has 334 valence electrons. The van der Waals surface area contributed by atoms with Gasteiger partial charge in [-0.1, -0.05) is 217 Å². The predicted octanol–water partition coefficient (Wildman–Crippen LogP) is 14.9. The first-order valence-electron chi connectivity index (χ1n) is 24.9. The summed E-state index contributed by atoms with van der Waals surface area (Å²) in [5.74, 6) is -0.162. The quantitative estimate of drug-likeness (QED) is 0.0281. The molecule has 5 heteroatoms. The maximum atomic E-state index is 12.5. The molecule has 4 N–H and O–H groups in total. The van der Waals surface area contributed by atoms with Crippen LogP contribution >= 0.6 is 0 Å². The summed E-state index contributed by atoms with van der Waals surface area (Å²) in [7, 11) is 0. The van der Waals surface area contributed by atoms with Crippen LogP contribution in [0, 0.1) is 0 Å². The van der Waals surface area contributed by atoms with Crippen molar-refractivity contribution in [1.29, 1.82) is 0 Å². The molecule has 0 aromatic carbocycles. The summed E-state index contributed by atoms with van der Waals surface area (Å²) in [6.45, 7) is 4.15. The van der Waals surface area contributed by atoms with Gasteiger partial charge in [0, 0.05) is 6.42 Å². The molecule has 5 nitrogen and oxygen atoms in total. The van der Waals surface area contributed by atoms with Crippen LogP contribution < -0.4 is 5.32 Å². The summed E-state index contributed by atoms with van der Waals surface area (Å²) in [6.07, 6.45) is 60.9. The number of allylic oxidation sites excluding steroid dienone is 8. The minimum absolute atomic E-state index is 0.162. The lowest BCUT2D eigenvalue weighted by Gasteiger charge is -2.26. The molecule has 3 unspecified atom stereocenters. The molecule has 0 radical (unpaired) electrons. The number of unbranched alkanes of at least 4 members (excludes halogenated alkanes) is 30. The molecule has 3 atom stereocenters. The van der Waals surface area contributed by atoms with Crippen LogP contribution in [0.1, 0.15) is 251 Å². The molecule has 0 fully saturated rings. The second kappa shape index (κ2) is 47.0. The summed E-state index contributed by atoms with van der Waals surface area (Å²) >= 11 is 0. The topological polar surface area (TPSA) is 89.8 Å². The highest BCUT2D eigenvalue weighted by Crippen LogP contribution is 2.16. The Balaban J connectivity index is 3.66. The van der Waals surface area contributed by atoms with E-state index in [2.05, 4.69) is 67.8 Å². The molecule has 0 aliphatic carbocycles. The Morgan fingerprint density at radius 1 is 0.439 bits per heavy atom. The van der Waals surface area contributed by atoms with Crippen LogP contribution in [-0.2, 0) is 4.79 Å². The monoisotopic (exact) mass is 800 g/mol. The van der Waals surface area contributed by atoms with E-state index >= 15 is 0 Å². The summed E-state index contributed by atoms with van der Waals surface area (Å²) in [4.78, 5) is 12.5. The molecule has 0 saturated heterocycles. The van der Waals surface area contributed by atoms with Gasteiger partial charge in [0.15, 0.2) is 0 Å². The van der Waals surface area contributed by atoms with Gasteiger partial charge in [0.05, 0.1) is 18.8 Å². The van der Waals surface area contributed by atoms with Crippen molar-refractivity contribution in [3.63, 3.8) is 0 Å². The summed E-state index contributed by atoms with van der Waals surface area (Å²) in [5, 5.41) is 33.6. The third kappa shape index (κ3) is 42.2. The van der Waals surface area contributed by atoms with Gasteiger partial charge in [-0.3, -0.25) is 4.79 Å². The molecule has 0 heterocycles. The van der Waals surface area contributed by atoms with E-state index in [0.717, 1.165) is 44.9 Å². The lowest BCUT2D eigenvalue weighted by atomic mass is 10.0. The highest BCUT2D eigenvalue weighted by molar-refractivity contribution is 5.76. The van der Waals surface area contributed by atoms with E-state index in [9.17, 15) is 20.1 Å². The predicted molar refractivity (Wildman–Crippen MR) is 250 cm³/mol.